The first-order valence-electron chi connectivity index (χ1n) is 5.21. The molecule has 0 aromatic heterocycles. The Labute approximate surface area is 98.8 Å². The molecule has 1 fully saturated rings. The fraction of sp³-hybridized carbons (Fsp3) is 0.364. The van der Waals surface area contributed by atoms with Gasteiger partial charge in [0.2, 0.25) is 0 Å². The number of halogens is 1. The van der Waals surface area contributed by atoms with Gasteiger partial charge in [0, 0.05) is 18.8 Å². The minimum atomic E-state index is -0.112. The molecule has 1 aliphatic rings. The average Bonchev–Trinajstić information content (AvgIpc) is 2.77. The molecular weight excluding hydrogens is 228 g/mol. The number of rotatable bonds is 1. The lowest BCUT2D eigenvalue weighted by Gasteiger charge is -2.16. The van der Waals surface area contributed by atoms with Crippen molar-refractivity contribution in [2.45, 2.75) is 12.8 Å². The Morgan fingerprint density at radius 3 is 2.69 bits per heavy atom. The first kappa shape index (κ1) is 11.1. The van der Waals surface area contributed by atoms with Gasteiger partial charge in [-0.3, -0.25) is 0 Å². The zero-order valence-electron chi connectivity index (χ0n) is 8.74. The van der Waals surface area contributed by atoms with Gasteiger partial charge < -0.3 is 15.3 Å². The Hall–Kier alpha value is -1.42. The molecule has 1 aliphatic heterocycles. The van der Waals surface area contributed by atoms with Crippen LogP contribution in [0.3, 0.4) is 0 Å². The highest BCUT2D eigenvalue weighted by Gasteiger charge is 2.17. The van der Waals surface area contributed by atoms with Gasteiger partial charge in [-0.2, -0.15) is 0 Å². The van der Waals surface area contributed by atoms with Gasteiger partial charge in [0.25, 0.3) is 0 Å². The van der Waals surface area contributed by atoms with Crippen molar-refractivity contribution in [2.24, 2.45) is 0 Å². The Bertz CT molecular complexity index is 403. The van der Waals surface area contributed by atoms with Crippen LogP contribution in [-0.2, 0) is 0 Å². The number of hydrogen-bond acceptors (Lipinski definition) is 2. The van der Waals surface area contributed by atoms with Crippen LogP contribution in [-0.4, -0.2) is 29.1 Å². The van der Waals surface area contributed by atoms with Gasteiger partial charge in [-0.05, 0) is 31.0 Å². The lowest BCUT2D eigenvalue weighted by molar-refractivity contribution is 0.222. The van der Waals surface area contributed by atoms with E-state index in [1.54, 1.807) is 11.0 Å². The highest BCUT2D eigenvalue weighted by molar-refractivity contribution is 6.32. The summed E-state index contributed by atoms with van der Waals surface area (Å²) in [4.78, 5) is 13.5. The Morgan fingerprint density at radius 1 is 1.38 bits per heavy atom. The largest absolute Gasteiger partial charge is 0.506 e. The van der Waals surface area contributed by atoms with E-state index in [-0.39, 0.29) is 16.8 Å². The summed E-state index contributed by atoms with van der Waals surface area (Å²) >= 11 is 5.74. The van der Waals surface area contributed by atoms with Gasteiger partial charge in [-0.25, -0.2) is 4.79 Å². The SMILES string of the molecule is O=C(Nc1ccc(O)c(Cl)c1)N1CCCC1. The summed E-state index contributed by atoms with van der Waals surface area (Å²) in [5.74, 6) is 0.0147. The van der Waals surface area contributed by atoms with Crippen LogP contribution in [0.4, 0.5) is 10.5 Å². The number of phenolic OH excluding ortho intramolecular Hbond substituents is 1. The van der Waals surface area contributed by atoms with E-state index in [1.807, 2.05) is 0 Å². The molecule has 2 amide bonds. The predicted molar refractivity (Wildman–Crippen MR) is 62.9 cm³/mol. The van der Waals surface area contributed by atoms with Crippen molar-refractivity contribution in [1.29, 1.82) is 0 Å². The zero-order chi connectivity index (χ0) is 11.5. The molecule has 86 valence electrons. The minimum absolute atomic E-state index is 0.0147. The fourth-order valence-electron chi connectivity index (χ4n) is 1.71. The third-order valence-corrected chi connectivity index (χ3v) is 2.89. The van der Waals surface area contributed by atoms with Crippen molar-refractivity contribution in [2.75, 3.05) is 18.4 Å². The van der Waals surface area contributed by atoms with E-state index < -0.39 is 0 Å². The summed E-state index contributed by atoms with van der Waals surface area (Å²) in [6, 6.07) is 4.50. The monoisotopic (exact) mass is 240 g/mol. The van der Waals surface area contributed by atoms with Crippen LogP contribution < -0.4 is 5.32 Å². The normalized spacial score (nSPS) is 15.2. The number of benzene rings is 1. The molecule has 0 aliphatic carbocycles. The smallest absolute Gasteiger partial charge is 0.321 e. The lowest BCUT2D eigenvalue weighted by Crippen LogP contribution is -2.32. The Morgan fingerprint density at radius 2 is 2.06 bits per heavy atom. The zero-order valence-corrected chi connectivity index (χ0v) is 9.50. The van der Waals surface area contributed by atoms with E-state index in [1.165, 1.54) is 12.1 Å². The quantitative estimate of drug-likeness (QED) is 0.742. The van der Waals surface area contributed by atoms with Crippen LogP contribution in [0, 0.1) is 0 Å². The van der Waals surface area contributed by atoms with Crippen molar-refractivity contribution in [3.8, 4) is 5.75 Å². The molecule has 0 bridgehead atoms. The van der Waals surface area contributed by atoms with E-state index in [0.29, 0.717) is 5.69 Å². The van der Waals surface area contributed by atoms with Crippen LogP contribution >= 0.6 is 11.6 Å². The number of carbonyl (C=O) groups excluding carboxylic acids is 1. The summed E-state index contributed by atoms with van der Waals surface area (Å²) in [6.45, 7) is 1.61. The summed E-state index contributed by atoms with van der Waals surface area (Å²) in [5, 5.41) is 12.2. The van der Waals surface area contributed by atoms with E-state index in [2.05, 4.69) is 5.32 Å². The van der Waals surface area contributed by atoms with Crippen LogP contribution in [0.2, 0.25) is 5.02 Å². The Balaban J connectivity index is 2.02. The molecule has 16 heavy (non-hydrogen) atoms. The lowest BCUT2D eigenvalue weighted by atomic mass is 10.3. The number of likely N-dealkylation sites (tertiary alicyclic amines) is 1. The molecule has 2 rings (SSSR count). The first-order valence-corrected chi connectivity index (χ1v) is 5.59. The molecule has 0 unspecified atom stereocenters. The van der Waals surface area contributed by atoms with E-state index >= 15 is 0 Å². The van der Waals surface area contributed by atoms with Gasteiger partial charge in [-0.15, -0.1) is 0 Å². The molecule has 0 saturated carbocycles. The molecule has 1 aromatic carbocycles. The maximum absolute atomic E-state index is 11.7. The van der Waals surface area contributed by atoms with Gasteiger partial charge in [0.05, 0.1) is 5.02 Å². The van der Waals surface area contributed by atoms with Gasteiger partial charge in [-0.1, -0.05) is 11.6 Å². The number of nitrogens with one attached hydrogen (secondary N) is 1. The van der Waals surface area contributed by atoms with Crippen LogP contribution in [0.25, 0.3) is 0 Å². The number of phenols is 1. The number of carbonyl (C=O) groups is 1. The summed E-state index contributed by atoms with van der Waals surface area (Å²) in [6.07, 6.45) is 2.12. The third kappa shape index (κ3) is 2.39. The molecular formula is C11H13ClN2O2. The summed E-state index contributed by atoms with van der Waals surface area (Å²) in [5.41, 5.74) is 0.597. The summed E-state index contributed by atoms with van der Waals surface area (Å²) in [7, 11) is 0. The molecule has 0 radical (unpaired) electrons. The minimum Gasteiger partial charge on any atom is -0.506 e. The highest BCUT2D eigenvalue weighted by atomic mass is 35.5. The van der Waals surface area contributed by atoms with Gasteiger partial charge >= 0.3 is 6.03 Å². The molecule has 5 heteroatoms. The average molecular weight is 241 g/mol. The van der Waals surface area contributed by atoms with Gasteiger partial charge in [0.1, 0.15) is 5.75 Å². The number of amides is 2. The molecule has 0 spiro atoms. The maximum Gasteiger partial charge on any atom is 0.321 e. The first-order chi connectivity index (χ1) is 7.66. The molecule has 1 heterocycles. The second-order valence-electron chi connectivity index (χ2n) is 3.79. The summed E-state index contributed by atoms with van der Waals surface area (Å²) < 4.78 is 0. The number of urea groups is 1. The number of aromatic hydroxyl groups is 1. The van der Waals surface area contributed by atoms with Crippen molar-refractivity contribution in [1.82, 2.24) is 4.90 Å². The second-order valence-corrected chi connectivity index (χ2v) is 4.20. The van der Waals surface area contributed by atoms with E-state index in [0.717, 1.165) is 25.9 Å². The third-order valence-electron chi connectivity index (χ3n) is 2.59. The molecule has 4 nitrogen and oxygen atoms in total. The van der Waals surface area contributed by atoms with Crippen molar-refractivity contribution in [3.05, 3.63) is 23.2 Å². The molecule has 2 N–H and O–H groups in total. The molecule has 1 aromatic rings. The Kier molecular flexibility index (Phi) is 3.19. The van der Waals surface area contributed by atoms with E-state index in [9.17, 15) is 9.90 Å². The second kappa shape index (κ2) is 4.61. The van der Waals surface area contributed by atoms with Crippen molar-refractivity contribution in [3.63, 3.8) is 0 Å². The number of anilines is 1. The number of nitrogens with zero attached hydrogens (tertiary/aromatic N) is 1. The van der Waals surface area contributed by atoms with Crippen molar-refractivity contribution < 1.29 is 9.90 Å². The van der Waals surface area contributed by atoms with Gasteiger partial charge in [0.15, 0.2) is 0 Å². The molecule has 0 atom stereocenters. The van der Waals surface area contributed by atoms with Crippen LogP contribution in [0.1, 0.15) is 12.8 Å². The topological polar surface area (TPSA) is 52.6 Å². The van der Waals surface area contributed by atoms with Crippen molar-refractivity contribution >= 4 is 23.3 Å². The van der Waals surface area contributed by atoms with E-state index in [4.69, 9.17) is 11.6 Å². The predicted octanol–water partition coefficient (Wildman–Crippen LogP) is 2.67. The highest BCUT2D eigenvalue weighted by Crippen LogP contribution is 2.26. The molecule has 1 saturated heterocycles. The maximum atomic E-state index is 11.7. The number of hydrogen-bond donors (Lipinski definition) is 2. The fourth-order valence-corrected chi connectivity index (χ4v) is 1.89. The standard InChI is InChI=1S/C11H13ClN2O2/c12-9-7-8(3-4-10(9)15)13-11(16)14-5-1-2-6-14/h3-4,7,15H,1-2,5-6H2,(H,13,16). The van der Waals surface area contributed by atoms with Crippen LogP contribution in [0.5, 0.6) is 5.75 Å². The van der Waals surface area contributed by atoms with Crippen LogP contribution in [0.15, 0.2) is 18.2 Å².